The summed E-state index contributed by atoms with van der Waals surface area (Å²) in [6.45, 7) is 2.11. The molecule has 0 saturated heterocycles. The molecule has 2 aromatic rings. The molecule has 1 N–H and O–H groups in total. The SMILES string of the molecule is CNC(Cc1cccs1)c1ccncc1C. The van der Waals surface area contributed by atoms with E-state index in [4.69, 9.17) is 0 Å². The Balaban J connectivity index is 2.20. The summed E-state index contributed by atoms with van der Waals surface area (Å²) in [5.41, 5.74) is 2.59. The number of hydrogen-bond acceptors (Lipinski definition) is 3. The Morgan fingerprint density at radius 3 is 2.94 bits per heavy atom. The second-order valence-corrected chi connectivity index (χ2v) is 4.89. The van der Waals surface area contributed by atoms with Crippen molar-refractivity contribution in [2.75, 3.05) is 7.05 Å². The predicted molar refractivity (Wildman–Crippen MR) is 68.8 cm³/mol. The molecule has 0 bridgehead atoms. The van der Waals surface area contributed by atoms with Crippen LogP contribution in [0.1, 0.15) is 22.0 Å². The molecule has 1 unspecified atom stereocenters. The molecule has 0 aliphatic rings. The summed E-state index contributed by atoms with van der Waals surface area (Å²) in [5, 5.41) is 5.50. The summed E-state index contributed by atoms with van der Waals surface area (Å²) >= 11 is 1.81. The maximum Gasteiger partial charge on any atom is 0.0370 e. The fraction of sp³-hybridized carbons (Fsp3) is 0.308. The van der Waals surface area contributed by atoms with E-state index in [1.54, 1.807) is 0 Å². The van der Waals surface area contributed by atoms with E-state index < -0.39 is 0 Å². The number of hydrogen-bond donors (Lipinski definition) is 1. The van der Waals surface area contributed by atoms with Gasteiger partial charge in [0.2, 0.25) is 0 Å². The Bertz CT molecular complexity index is 437. The number of aryl methyl sites for hydroxylation is 1. The van der Waals surface area contributed by atoms with Crippen LogP contribution >= 0.6 is 11.3 Å². The first kappa shape index (κ1) is 11.3. The molecule has 2 aromatic heterocycles. The van der Waals surface area contributed by atoms with Crippen molar-refractivity contribution in [3.05, 3.63) is 52.0 Å². The van der Waals surface area contributed by atoms with Crippen LogP contribution in [0.5, 0.6) is 0 Å². The first-order valence-corrected chi connectivity index (χ1v) is 6.29. The Morgan fingerprint density at radius 2 is 2.31 bits per heavy atom. The zero-order valence-electron chi connectivity index (χ0n) is 9.60. The number of thiophene rings is 1. The fourth-order valence-corrected chi connectivity index (χ4v) is 2.62. The highest BCUT2D eigenvalue weighted by molar-refractivity contribution is 7.09. The fourth-order valence-electron chi connectivity index (χ4n) is 1.87. The molecule has 0 amide bonds. The third-order valence-corrected chi connectivity index (χ3v) is 3.67. The quantitative estimate of drug-likeness (QED) is 0.876. The van der Waals surface area contributed by atoms with Gasteiger partial charge >= 0.3 is 0 Å². The summed E-state index contributed by atoms with van der Waals surface area (Å²) in [7, 11) is 2.01. The van der Waals surface area contributed by atoms with Crippen LogP contribution in [0.4, 0.5) is 0 Å². The van der Waals surface area contributed by atoms with Crippen LogP contribution in [-0.2, 0) is 6.42 Å². The van der Waals surface area contributed by atoms with Crippen LogP contribution < -0.4 is 5.32 Å². The van der Waals surface area contributed by atoms with Gasteiger partial charge in [0, 0.05) is 29.7 Å². The van der Waals surface area contributed by atoms with Gasteiger partial charge < -0.3 is 5.32 Å². The molecule has 0 aliphatic heterocycles. The molecule has 2 rings (SSSR count). The van der Waals surface area contributed by atoms with Gasteiger partial charge in [-0.2, -0.15) is 0 Å². The second kappa shape index (κ2) is 5.23. The van der Waals surface area contributed by atoms with Crippen LogP contribution in [0.3, 0.4) is 0 Å². The molecule has 1 atom stereocenters. The average molecular weight is 232 g/mol. The van der Waals surface area contributed by atoms with Crippen molar-refractivity contribution >= 4 is 11.3 Å². The Labute approximate surface area is 100 Å². The minimum absolute atomic E-state index is 0.377. The maximum absolute atomic E-state index is 4.13. The van der Waals surface area contributed by atoms with E-state index >= 15 is 0 Å². The van der Waals surface area contributed by atoms with Crippen molar-refractivity contribution < 1.29 is 0 Å². The molecule has 0 radical (unpaired) electrons. The van der Waals surface area contributed by atoms with Crippen LogP contribution in [0.15, 0.2) is 36.0 Å². The van der Waals surface area contributed by atoms with Gasteiger partial charge in [-0.3, -0.25) is 4.98 Å². The van der Waals surface area contributed by atoms with E-state index in [1.165, 1.54) is 16.0 Å². The molecule has 16 heavy (non-hydrogen) atoms. The lowest BCUT2D eigenvalue weighted by molar-refractivity contribution is 0.592. The highest BCUT2D eigenvalue weighted by atomic mass is 32.1. The van der Waals surface area contributed by atoms with Gasteiger partial charge in [-0.25, -0.2) is 0 Å². The number of nitrogens with one attached hydrogen (secondary N) is 1. The highest BCUT2D eigenvalue weighted by Gasteiger charge is 2.12. The molecular weight excluding hydrogens is 216 g/mol. The van der Waals surface area contributed by atoms with Crippen molar-refractivity contribution in [1.82, 2.24) is 10.3 Å². The van der Waals surface area contributed by atoms with Crippen molar-refractivity contribution in [3.8, 4) is 0 Å². The number of nitrogens with zero attached hydrogens (tertiary/aromatic N) is 1. The number of likely N-dealkylation sites (N-methyl/N-ethyl adjacent to an activating group) is 1. The number of aromatic nitrogens is 1. The number of pyridine rings is 1. The normalized spacial score (nSPS) is 12.6. The molecule has 84 valence electrons. The van der Waals surface area contributed by atoms with Gasteiger partial charge in [0.1, 0.15) is 0 Å². The topological polar surface area (TPSA) is 24.9 Å². The van der Waals surface area contributed by atoms with E-state index in [0.29, 0.717) is 6.04 Å². The van der Waals surface area contributed by atoms with E-state index in [9.17, 15) is 0 Å². The molecule has 0 aliphatic carbocycles. The van der Waals surface area contributed by atoms with Gasteiger partial charge in [-0.15, -0.1) is 11.3 Å². The van der Waals surface area contributed by atoms with Gasteiger partial charge in [-0.05, 0) is 42.6 Å². The molecule has 0 spiro atoms. The van der Waals surface area contributed by atoms with E-state index in [-0.39, 0.29) is 0 Å². The predicted octanol–water partition coefficient (Wildman–Crippen LogP) is 2.95. The minimum Gasteiger partial charge on any atom is -0.313 e. The molecular formula is C13H16N2S. The molecule has 0 fully saturated rings. The maximum atomic E-state index is 4.13. The van der Waals surface area contributed by atoms with Gasteiger partial charge in [0.25, 0.3) is 0 Å². The largest absolute Gasteiger partial charge is 0.313 e. The van der Waals surface area contributed by atoms with Gasteiger partial charge in [-0.1, -0.05) is 6.07 Å². The monoisotopic (exact) mass is 232 g/mol. The molecule has 0 saturated carbocycles. The van der Waals surface area contributed by atoms with E-state index in [2.05, 4.69) is 40.8 Å². The third kappa shape index (κ3) is 2.49. The lowest BCUT2D eigenvalue weighted by Crippen LogP contribution is -2.19. The summed E-state index contributed by atoms with van der Waals surface area (Å²) in [6, 6.07) is 6.77. The van der Waals surface area contributed by atoms with E-state index in [1.807, 2.05) is 30.8 Å². The highest BCUT2D eigenvalue weighted by Crippen LogP contribution is 2.22. The van der Waals surface area contributed by atoms with Crippen molar-refractivity contribution in [3.63, 3.8) is 0 Å². The standard InChI is InChI=1S/C13H16N2S/c1-10-9-15-6-5-12(10)13(14-2)8-11-4-3-7-16-11/h3-7,9,13-14H,8H2,1-2H3. The van der Waals surface area contributed by atoms with Crippen LogP contribution in [-0.4, -0.2) is 12.0 Å². The van der Waals surface area contributed by atoms with Gasteiger partial charge in [0.15, 0.2) is 0 Å². The van der Waals surface area contributed by atoms with Crippen LogP contribution in [0.25, 0.3) is 0 Å². The first-order valence-electron chi connectivity index (χ1n) is 5.41. The van der Waals surface area contributed by atoms with Crippen LogP contribution in [0, 0.1) is 6.92 Å². The van der Waals surface area contributed by atoms with Crippen molar-refractivity contribution in [1.29, 1.82) is 0 Å². The molecule has 0 aromatic carbocycles. The molecule has 2 nitrogen and oxygen atoms in total. The second-order valence-electron chi connectivity index (χ2n) is 3.86. The third-order valence-electron chi connectivity index (χ3n) is 2.77. The first-order chi connectivity index (χ1) is 7.81. The Kier molecular flexibility index (Phi) is 3.70. The van der Waals surface area contributed by atoms with Crippen molar-refractivity contribution in [2.45, 2.75) is 19.4 Å². The number of rotatable bonds is 4. The summed E-state index contributed by atoms with van der Waals surface area (Å²) in [5.74, 6) is 0. The summed E-state index contributed by atoms with van der Waals surface area (Å²) < 4.78 is 0. The zero-order valence-corrected chi connectivity index (χ0v) is 10.4. The Hall–Kier alpha value is -1.19. The van der Waals surface area contributed by atoms with E-state index in [0.717, 1.165) is 6.42 Å². The molecule has 3 heteroatoms. The lowest BCUT2D eigenvalue weighted by atomic mass is 10.0. The Morgan fingerprint density at radius 1 is 1.44 bits per heavy atom. The van der Waals surface area contributed by atoms with Gasteiger partial charge in [0.05, 0.1) is 0 Å². The minimum atomic E-state index is 0.377. The summed E-state index contributed by atoms with van der Waals surface area (Å²) in [6.07, 6.45) is 4.83. The van der Waals surface area contributed by atoms with Crippen LogP contribution in [0.2, 0.25) is 0 Å². The average Bonchev–Trinajstić information content (AvgIpc) is 2.80. The smallest absolute Gasteiger partial charge is 0.0370 e. The zero-order chi connectivity index (χ0) is 11.4. The molecule has 2 heterocycles. The van der Waals surface area contributed by atoms with Crippen molar-refractivity contribution in [2.24, 2.45) is 0 Å². The lowest BCUT2D eigenvalue weighted by Gasteiger charge is -2.17. The summed E-state index contributed by atoms with van der Waals surface area (Å²) in [4.78, 5) is 5.55.